The number of hydrogen-bond acceptors (Lipinski definition) is 6. The van der Waals surface area contributed by atoms with Gasteiger partial charge in [0, 0.05) is 31.6 Å². The summed E-state index contributed by atoms with van der Waals surface area (Å²) in [6, 6.07) is 6.56. The number of aromatic nitrogens is 6. The van der Waals surface area contributed by atoms with E-state index < -0.39 is 12.0 Å². The molecular weight excluding hydrogens is 399 g/mol. The molecule has 0 bridgehead atoms. The fourth-order valence-corrected chi connectivity index (χ4v) is 3.91. The van der Waals surface area contributed by atoms with Gasteiger partial charge >= 0.3 is 6.18 Å². The second kappa shape index (κ2) is 7.06. The second-order valence-corrected chi connectivity index (χ2v) is 7.97. The SMILES string of the molecule is O=c1ccc(C2CC2)nn1CC1CCN(c2ccc3nnc(C(F)(F)F)n3n2)CC1. The van der Waals surface area contributed by atoms with Gasteiger partial charge in [-0.25, -0.2) is 4.68 Å². The number of nitrogens with zero attached hydrogens (tertiary/aromatic N) is 7. The molecular formula is C19H20F3N7O. The molecule has 11 heteroatoms. The van der Waals surface area contributed by atoms with Crippen LogP contribution in [0, 0.1) is 5.92 Å². The van der Waals surface area contributed by atoms with Crippen LogP contribution in [0.3, 0.4) is 0 Å². The summed E-state index contributed by atoms with van der Waals surface area (Å²) in [4.78, 5) is 14.1. The molecule has 0 aromatic carbocycles. The van der Waals surface area contributed by atoms with Crippen molar-refractivity contribution in [2.45, 2.75) is 44.3 Å². The first-order valence-electron chi connectivity index (χ1n) is 10.0. The van der Waals surface area contributed by atoms with E-state index in [9.17, 15) is 18.0 Å². The van der Waals surface area contributed by atoms with Crippen molar-refractivity contribution in [3.63, 3.8) is 0 Å². The van der Waals surface area contributed by atoms with Crippen LogP contribution in [0.1, 0.15) is 43.1 Å². The minimum absolute atomic E-state index is 0.0574. The average molecular weight is 419 g/mol. The molecule has 0 spiro atoms. The first-order valence-corrected chi connectivity index (χ1v) is 10.0. The summed E-state index contributed by atoms with van der Waals surface area (Å²) < 4.78 is 41.6. The lowest BCUT2D eigenvalue weighted by Gasteiger charge is -2.32. The van der Waals surface area contributed by atoms with E-state index in [-0.39, 0.29) is 17.1 Å². The normalized spacial score (nSPS) is 18.3. The van der Waals surface area contributed by atoms with Crippen LogP contribution in [0.15, 0.2) is 29.1 Å². The zero-order valence-electron chi connectivity index (χ0n) is 16.1. The van der Waals surface area contributed by atoms with Crippen LogP contribution in [-0.2, 0) is 12.7 Å². The fourth-order valence-electron chi connectivity index (χ4n) is 3.91. The van der Waals surface area contributed by atoms with Crippen molar-refractivity contribution in [3.8, 4) is 0 Å². The number of alkyl halides is 3. The third-order valence-corrected chi connectivity index (χ3v) is 5.75. The molecule has 0 radical (unpaired) electrons. The minimum Gasteiger partial charge on any atom is -0.355 e. The van der Waals surface area contributed by atoms with Gasteiger partial charge in [-0.15, -0.1) is 15.3 Å². The maximum absolute atomic E-state index is 13.1. The van der Waals surface area contributed by atoms with E-state index in [4.69, 9.17) is 0 Å². The van der Waals surface area contributed by atoms with Gasteiger partial charge in [-0.05, 0) is 49.8 Å². The molecule has 0 amide bonds. The molecule has 0 unspecified atom stereocenters. The predicted molar refractivity (Wildman–Crippen MR) is 101 cm³/mol. The van der Waals surface area contributed by atoms with Gasteiger partial charge in [0.1, 0.15) is 5.82 Å². The Bertz CT molecular complexity index is 1130. The number of hydrogen-bond donors (Lipinski definition) is 0. The lowest BCUT2D eigenvalue weighted by Crippen LogP contribution is -2.37. The smallest absolute Gasteiger partial charge is 0.355 e. The van der Waals surface area contributed by atoms with E-state index >= 15 is 0 Å². The molecule has 8 nitrogen and oxygen atoms in total. The lowest BCUT2D eigenvalue weighted by atomic mass is 9.97. The summed E-state index contributed by atoms with van der Waals surface area (Å²) in [7, 11) is 0. The topological polar surface area (TPSA) is 81.2 Å². The van der Waals surface area contributed by atoms with Gasteiger partial charge in [-0.1, -0.05) is 0 Å². The van der Waals surface area contributed by atoms with Crippen LogP contribution >= 0.6 is 0 Å². The molecule has 5 rings (SSSR count). The fraction of sp³-hybridized carbons (Fsp3) is 0.526. The van der Waals surface area contributed by atoms with Gasteiger partial charge in [-0.3, -0.25) is 4.79 Å². The Labute approximate surface area is 169 Å². The molecule has 1 aliphatic heterocycles. The number of fused-ring (bicyclic) bond motifs is 1. The van der Waals surface area contributed by atoms with E-state index in [1.165, 1.54) is 6.07 Å². The Morgan fingerprint density at radius 2 is 1.73 bits per heavy atom. The Hall–Kier alpha value is -2.98. The van der Waals surface area contributed by atoms with Gasteiger partial charge < -0.3 is 4.90 Å². The first kappa shape index (κ1) is 19.0. The average Bonchev–Trinajstić information content (AvgIpc) is 3.47. The van der Waals surface area contributed by atoms with Crippen molar-refractivity contribution in [3.05, 3.63) is 46.1 Å². The maximum atomic E-state index is 13.1. The molecule has 158 valence electrons. The highest BCUT2D eigenvalue weighted by molar-refractivity contribution is 5.46. The molecule has 3 aromatic heterocycles. The Kier molecular flexibility index (Phi) is 4.48. The van der Waals surface area contributed by atoms with Gasteiger partial charge in [0.05, 0.1) is 5.69 Å². The summed E-state index contributed by atoms with van der Waals surface area (Å²) >= 11 is 0. The van der Waals surface area contributed by atoms with Crippen molar-refractivity contribution >= 4 is 11.5 Å². The van der Waals surface area contributed by atoms with E-state index in [0.29, 0.717) is 31.4 Å². The Morgan fingerprint density at radius 1 is 0.967 bits per heavy atom. The van der Waals surface area contributed by atoms with Crippen LogP contribution < -0.4 is 10.5 Å². The van der Waals surface area contributed by atoms with Crippen LogP contribution in [0.25, 0.3) is 5.65 Å². The number of halogens is 3. The van der Waals surface area contributed by atoms with Gasteiger partial charge in [0.25, 0.3) is 11.4 Å². The summed E-state index contributed by atoms with van der Waals surface area (Å²) in [6.45, 7) is 1.84. The molecule has 0 atom stereocenters. The van der Waals surface area contributed by atoms with E-state index in [2.05, 4.69) is 20.4 Å². The first-order chi connectivity index (χ1) is 14.4. The molecule has 1 aliphatic carbocycles. The van der Waals surface area contributed by atoms with Crippen molar-refractivity contribution in [2.24, 2.45) is 5.92 Å². The van der Waals surface area contributed by atoms with Crippen LogP contribution in [0.4, 0.5) is 19.0 Å². The maximum Gasteiger partial charge on any atom is 0.453 e. The summed E-state index contributed by atoms with van der Waals surface area (Å²) in [5.74, 6) is 0.0942. The van der Waals surface area contributed by atoms with Crippen molar-refractivity contribution in [1.82, 2.24) is 29.6 Å². The highest BCUT2D eigenvalue weighted by Gasteiger charge is 2.38. The largest absolute Gasteiger partial charge is 0.453 e. The monoisotopic (exact) mass is 419 g/mol. The van der Waals surface area contributed by atoms with Gasteiger partial charge in [0.15, 0.2) is 5.65 Å². The second-order valence-electron chi connectivity index (χ2n) is 7.97. The summed E-state index contributed by atoms with van der Waals surface area (Å²) in [5, 5.41) is 15.4. The highest BCUT2D eigenvalue weighted by Crippen LogP contribution is 2.38. The van der Waals surface area contributed by atoms with E-state index in [1.54, 1.807) is 16.8 Å². The third-order valence-electron chi connectivity index (χ3n) is 5.75. The predicted octanol–water partition coefficient (Wildman–Crippen LogP) is 2.49. The quantitative estimate of drug-likeness (QED) is 0.646. The molecule has 30 heavy (non-hydrogen) atoms. The van der Waals surface area contributed by atoms with Crippen LogP contribution in [-0.4, -0.2) is 42.7 Å². The molecule has 2 aliphatic rings. The molecule has 2 fully saturated rings. The van der Waals surface area contributed by atoms with Crippen LogP contribution in [0.2, 0.25) is 0 Å². The molecule has 0 N–H and O–H groups in total. The highest BCUT2D eigenvalue weighted by atomic mass is 19.4. The number of anilines is 1. The molecule has 1 saturated heterocycles. The molecule has 4 heterocycles. The third kappa shape index (κ3) is 3.63. The van der Waals surface area contributed by atoms with E-state index in [0.717, 1.165) is 35.9 Å². The molecule has 3 aromatic rings. The molecule has 1 saturated carbocycles. The summed E-state index contributed by atoms with van der Waals surface area (Å²) in [5.41, 5.74) is 0.946. The Balaban J connectivity index is 1.28. The van der Waals surface area contributed by atoms with Crippen molar-refractivity contribution in [1.29, 1.82) is 0 Å². The van der Waals surface area contributed by atoms with Gasteiger partial charge in [-0.2, -0.15) is 22.8 Å². The Morgan fingerprint density at radius 3 is 2.43 bits per heavy atom. The minimum atomic E-state index is -4.62. The van der Waals surface area contributed by atoms with Crippen molar-refractivity contribution in [2.75, 3.05) is 18.0 Å². The summed E-state index contributed by atoms with van der Waals surface area (Å²) in [6.07, 6.45) is -0.758. The number of rotatable bonds is 4. The van der Waals surface area contributed by atoms with Crippen LogP contribution in [0.5, 0.6) is 0 Å². The number of piperidine rings is 1. The zero-order valence-corrected chi connectivity index (χ0v) is 16.1. The van der Waals surface area contributed by atoms with Gasteiger partial charge in [0.2, 0.25) is 0 Å². The lowest BCUT2D eigenvalue weighted by molar-refractivity contribution is -0.146. The van der Waals surface area contributed by atoms with E-state index in [1.807, 2.05) is 11.0 Å². The van der Waals surface area contributed by atoms with Crippen molar-refractivity contribution < 1.29 is 13.2 Å². The standard InChI is InChI=1S/C19H20F3N7O/c20-19(21,22)18-24-23-15-4-5-16(26-29(15)18)27-9-7-12(8-10-27)11-28-17(30)6-3-14(25-28)13-1-2-13/h3-6,12-13H,1-2,7-11H2. The zero-order chi connectivity index (χ0) is 20.9.